The molecule has 2 fully saturated rings. The Morgan fingerprint density at radius 2 is 1.73 bits per heavy atom. The van der Waals surface area contributed by atoms with E-state index in [0.717, 1.165) is 31.3 Å². The Bertz CT molecular complexity index is 709. The van der Waals surface area contributed by atoms with Crippen LogP contribution in [0.3, 0.4) is 0 Å². The first-order chi connectivity index (χ1) is 12.7. The normalized spacial score (nSPS) is 18.7. The minimum absolute atomic E-state index is 0.569. The van der Waals surface area contributed by atoms with Crippen LogP contribution in [0.4, 0.5) is 11.6 Å². The van der Waals surface area contributed by atoms with Gasteiger partial charge < -0.3 is 9.80 Å². The summed E-state index contributed by atoms with van der Waals surface area (Å²) < 4.78 is 0. The molecule has 0 atom stereocenters. The van der Waals surface area contributed by atoms with Crippen LogP contribution in [0, 0.1) is 0 Å². The molecular formula is C19H27N7. The van der Waals surface area contributed by atoms with Gasteiger partial charge in [-0.05, 0) is 37.3 Å². The van der Waals surface area contributed by atoms with Crippen molar-refractivity contribution in [2.45, 2.75) is 44.3 Å². The molecular weight excluding hydrogens is 326 g/mol. The highest BCUT2D eigenvalue weighted by molar-refractivity contribution is 5.51. The molecule has 7 nitrogen and oxygen atoms in total. The Labute approximate surface area is 155 Å². The minimum atomic E-state index is 0.569. The molecule has 0 N–H and O–H groups in total. The van der Waals surface area contributed by atoms with Crippen molar-refractivity contribution in [3.8, 4) is 0 Å². The Hall–Kier alpha value is -2.28. The number of hydrogen-bond acceptors (Lipinski definition) is 7. The van der Waals surface area contributed by atoms with Crippen LogP contribution in [-0.2, 0) is 6.54 Å². The second kappa shape index (κ2) is 7.53. The molecule has 0 unspecified atom stereocenters. The highest BCUT2D eigenvalue weighted by Gasteiger charge is 2.36. The predicted octanol–water partition coefficient (Wildman–Crippen LogP) is 1.97. The van der Waals surface area contributed by atoms with Crippen molar-refractivity contribution < 1.29 is 0 Å². The van der Waals surface area contributed by atoms with Crippen molar-refractivity contribution in [2.24, 2.45) is 0 Å². The van der Waals surface area contributed by atoms with Crippen LogP contribution in [0.1, 0.15) is 31.2 Å². The molecule has 1 aliphatic carbocycles. The molecule has 0 aromatic carbocycles. The molecule has 3 heterocycles. The highest BCUT2D eigenvalue weighted by atomic mass is 15.3. The number of hydrogen-bond donors (Lipinski definition) is 0. The van der Waals surface area contributed by atoms with E-state index >= 15 is 0 Å². The molecule has 26 heavy (non-hydrogen) atoms. The second-order valence-corrected chi connectivity index (χ2v) is 7.53. The molecule has 1 saturated carbocycles. The maximum atomic E-state index is 4.60. The Balaban J connectivity index is 1.42. The molecule has 2 aromatic heterocycles. The third-order valence-corrected chi connectivity index (χ3v) is 5.30. The first-order valence-electron chi connectivity index (χ1n) is 9.46. The summed E-state index contributed by atoms with van der Waals surface area (Å²) in [6.45, 7) is 3.19. The van der Waals surface area contributed by atoms with Gasteiger partial charge in [-0.1, -0.05) is 0 Å². The monoisotopic (exact) mass is 353 g/mol. The average molecular weight is 353 g/mol. The first-order valence-corrected chi connectivity index (χ1v) is 9.46. The molecule has 4 rings (SSSR count). The number of rotatable bonds is 6. The van der Waals surface area contributed by atoms with Gasteiger partial charge in [0, 0.05) is 58.1 Å². The third-order valence-electron chi connectivity index (χ3n) is 5.30. The Morgan fingerprint density at radius 3 is 2.38 bits per heavy atom. The molecule has 1 aliphatic heterocycles. The van der Waals surface area contributed by atoms with Gasteiger partial charge in [0.1, 0.15) is 18.0 Å². The van der Waals surface area contributed by atoms with Crippen LogP contribution in [0.15, 0.2) is 30.9 Å². The Morgan fingerprint density at radius 1 is 1.00 bits per heavy atom. The largest absolute Gasteiger partial charge is 0.363 e. The van der Waals surface area contributed by atoms with Gasteiger partial charge >= 0.3 is 0 Å². The SMILES string of the molecule is CN(C)c1cc(N(C2CC2)C2CCN(Cc3ccnnc3)CC2)ncn1. The van der Waals surface area contributed by atoms with E-state index in [0.29, 0.717) is 12.1 Å². The molecule has 7 heteroatoms. The number of aromatic nitrogens is 4. The van der Waals surface area contributed by atoms with Crippen LogP contribution in [-0.4, -0.2) is 64.3 Å². The van der Waals surface area contributed by atoms with Crippen LogP contribution >= 0.6 is 0 Å². The van der Waals surface area contributed by atoms with Gasteiger partial charge in [-0.25, -0.2) is 9.97 Å². The van der Waals surface area contributed by atoms with Crippen molar-refractivity contribution in [2.75, 3.05) is 37.0 Å². The predicted molar refractivity (Wildman–Crippen MR) is 102 cm³/mol. The van der Waals surface area contributed by atoms with Crippen molar-refractivity contribution in [3.63, 3.8) is 0 Å². The maximum absolute atomic E-state index is 4.60. The van der Waals surface area contributed by atoms with Crippen molar-refractivity contribution in [1.82, 2.24) is 25.1 Å². The second-order valence-electron chi connectivity index (χ2n) is 7.53. The molecule has 0 bridgehead atoms. The molecule has 0 radical (unpaired) electrons. The standard InChI is InChI=1S/C19H27N7/c1-24(2)18-11-19(21-14-20-18)26(16-3-4-16)17-6-9-25(10-7-17)13-15-5-8-22-23-12-15/h5,8,11-12,14,16-17H,3-4,6-7,9-10,13H2,1-2H3. The fourth-order valence-electron chi connectivity index (χ4n) is 3.77. The number of likely N-dealkylation sites (tertiary alicyclic amines) is 1. The molecule has 1 saturated heterocycles. The van der Waals surface area contributed by atoms with Crippen LogP contribution in [0.2, 0.25) is 0 Å². The lowest BCUT2D eigenvalue weighted by Crippen LogP contribution is -2.46. The van der Waals surface area contributed by atoms with E-state index in [1.807, 2.05) is 25.2 Å². The van der Waals surface area contributed by atoms with Crippen LogP contribution < -0.4 is 9.80 Å². The summed E-state index contributed by atoms with van der Waals surface area (Å²) in [6, 6.07) is 5.41. The number of nitrogens with zero attached hydrogens (tertiary/aromatic N) is 7. The van der Waals surface area contributed by atoms with Crippen LogP contribution in [0.25, 0.3) is 0 Å². The summed E-state index contributed by atoms with van der Waals surface area (Å²) in [5, 5.41) is 7.85. The summed E-state index contributed by atoms with van der Waals surface area (Å²) in [5.41, 5.74) is 1.24. The van der Waals surface area contributed by atoms with Gasteiger partial charge in [-0.3, -0.25) is 4.90 Å². The molecule has 0 amide bonds. The summed E-state index contributed by atoms with van der Waals surface area (Å²) in [7, 11) is 4.06. The zero-order chi connectivity index (χ0) is 17.9. The van der Waals surface area contributed by atoms with E-state index < -0.39 is 0 Å². The summed E-state index contributed by atoms with van der Waals surface area (Å²) >= 11 is 0. The number of piperidine rings is 1. The van der Waals surface area contributed by atoms with Gasteiger partial charge in [-0.15, -0.1) is 0 Å². The fraction of sp³-hybridized carbons (Fsp3) is 0.579. The fourth-order valence-corrected chi connectivity index (χ4v) is 3.77. The highest BCUT2D eigenvalue weighted by Crippen LogP contribution is 2.36. The zero-order valence-electron chi connectivity index (χ0n) is 15.6. The lowest BCUT2D eigenvalue weighted by molar-refractivity contribution is 0.200. The molecule has 0 spiro atoms. The summed E-state index contributed by atoms with van der Waals surface area (Å²) in [6.07, 6.45) is 10.3. The van der Waals surface area contributed by atoms with Gasteiger partial charge in [-0.2, -0.15) is 10.2 Å². The van der Waals surface area contributed by atoms with E-state index in [-0.39, 0.29) is 0 Å². The molecule has 2 aromatic rings. The summed E-state index contributed by atoms with van der Waals surface area (Å²) in [5.74, 6) is 2.06. The maximum Gasteiger partial charge on any atom is 0.134 e. The van der Waals surface area contributed by atoms with E-state index in [1.54, 1.807) is 12.5 Å². The van der Waals surface area contributed by atoms with Crippen molar-refractivity contribution in [3.05, 3.63) is 36.4 Å². The third kappa shape index (κ3) is 3.93. The van der Waals surface area contributed by atoms with E-state index in [9.17, 15) is 0 Å². The molecule has 138 valence electrons. The van der Waals surface area contributed by atoms with E-state index in [1.165, 1.54) is 31.2 Å². The topological polar surface area (TPSA) is 61.3 Å². The van der Waals surface area contributed by atoms with E-state index in [4.69, 9.17) is 0 Å². The Kier molecular flexibility index (Phi) is 4.97. The smallest absolute Gasteiger partial charge is 0.134 e. The quantitative estimate of drug-likeness (QED) is 0.787. The van der Waals surface area contributed by atoms with Gasteiger partial charge in [0.05, 0.1) is 6.20 Å². The van der Waals surface area contributed by atoms with Crippen molar-refractivity contribution in [1.29, 1.82) is 0 Å². The summed E-state index contributed by atoms with van der Waals surface area (Å²) in [4.78, 5) is 16.1. The lowest BCUT2D eigenvalue weighted by Gasteiger charge is -2.39. The minimum Gasteiger partial charge on any atom is -0.363 e. The molecule has 2 aliphatic rings. The first kappa shape index (κ1) is 17.1. The van der Waals surface area contributed by atoms with Gasteiger partial charge in [0.25, 0.3) is 0 Å². The zero-order valence-corrected chi connectivity index (χ0v) is 15.6. The van der Waals surface area contributed by atoms with Gasteiger partial charge in [0.2, 0.25) is 0 Å². The van der Waals surface area contributed by atoms with Gasteiger partial charge in [0.15, 0.2) is 0 Å². The van der Waals surface area contributed by atoms with E-state index in [2.05, 4.69) is 42.1 Å². The lowest BCUT2D eigenvalue weighted by atomic mass is 10.0. The van der Waals surface area contributed by atoms with Crippen molar-refractivity contribution >= 4 is 11.6 Å². The average Bonchev–Trinajstić information content (AvgIpc) is 3.49. The number of anilines is 2. The van der Waals surface area contributed by atoms with Crippen LogP contribution in [0.5, 0.6) is 0 Å².